The highest BCUT2D eigenvalue weighted by molar-refractivity contribution is 6.29. The topological polar surface area (TPSA) is 60.2 Å². The minimum absolute atomic E-state index is 0.0239. The summed E-state index contributed by atoms with van der Waals surface area (Å²) in [6.45, 7) is 0. The highest BCUT2D eigenvalue weighted by atomic mass is 35.5. The van der Waals surface area contributed by atoms with Gasteiger partial charge in [0.1, 0.15) is 0 Å². The lowest BCUT2D eigenvalue weighted by atomic mass is 10.2. The molecule has 1 rings (SSSR count). The largest absolute Gasteiger partial charge is 0.294 e. The molecule has 0 aliphatic rings. The molecule has 0 saturated carbocycles. The number of carbonyl (C=O) groups excluding carboxylic acids is 1. The molecule has 0 radical (unpaired) electrons. The second-order valence-corrected chi connectivity index (χ2v) is 3.05. The lowest BCUT2D eigenvalue weighted by Gasteiger charge is -1.92. The molecule has 0 heterocycles. The molecule has 1 aromatic rings. The molecule has 0 aliphatic carbocycles. The van der Waals surface area contributed by atoms with Crippen LogP contribution >= 0.6 is 11.6 Å². The fraction of sp³-hybridized carbons (Fsp3) is 0.100. The highest BCUT2D eigenvalue weighted by Crippen LogP contribution is 2.12. The molecular formula is C10H8ClNO3. The van der Waals surface area contributed by atoms with Crippen LogP contribution in [-0.4, -0.2) is 16.6 Å². The lowest BCUT2D eigenvalue weighted by Crippen LogP contribution is -1.91. The van der Waals surface area contributed by atoms with Gasteiger partial charge in [-0.05, 0) is 23.8 Å². The van der Waals surface area contributed by atoms with E-state index in [1.807, 2.05) is 0 Å². The molecule has 0 aliphatic heterocycles. The number of nitrogens with zero attached hydrogens (tertiary/aromatic N) is 1. The molecule has 78 valence electrons. The summed E-state index contributed by atoms with van der Waals surface area (Å²) in [5.74, 6) is -0.265. The number of hydrogen-bond donors (Lipinski definition) is 0. The molecule has 0 amide bonds. The maximum atomic E-state index is 10.8. The Morgan fingerprint density at radius 1 is 1.40 bits per heavy atom. The van der Waals surface area contributed by atoms with Crippen molar-refractivity contribution in [3.63, 3.8) is 0 Å². The monoisotopic (exact) mass is 225 g/mol. The van der Waals surface area contributed by atoms with E-state index in [2.05, 4.69) is 0 Å². The Morgan fingerprint density at radius 2 is 2.00 bits per heavy atom. The van der Waals surface area contributed by atoms with Gasteiger partial charge in [-0.3, -0.25) is 14.9 Å². The van der Waals surface area contributed by atoms with E-state index in [1.54, 1.807) is 18.2 Å². The van der Waals surface area contributed by atoms with Crippen LogP contribution in [0.2, 0.25) is 0 Å². The van der Waals surface area contributed by atoms with Crippen LogP contribution in [-0.2, 0) is 4.79 Å². The van der Waals surface area contributed by atoms with Gasteiger partial charge in [-0.2, -0.15) is 0 Å². The van der Waals surface area contributed by atoms with E-state index in [0.717, 1.165) is 5.56 Å². The molecule has 0 fully saturated rings. The van der Waals surface area contributed by atoms with Gasteiger partial charge in [0, 0.05) is 12.1 Å². The predicted molar refractivity (Wildman–Crippen MR) is 57.9 cm³/mol. The number of non-ortho nitro benzene ring substituents is 1. The molecule has 0 spiro atoms. The second kappa shape index (κ2) is 5.26. The molecule has 5 heteroatoms. The van der Waals surface area contributed by atoms with E-state index in [4.69, 9.17) is 11.6 Å². The lowest BCUT2D eigenvalue weighted by molar-refractivity contribution is -0.384. The van der Waals surface area contributed by atoms with Gasteiger partial charge in [-0.15, -0.1) is 11.6 Å². The molecule has 4 nitrogen and oxygen atoms in total. The minimum Gasteiger partial charge on any atom is -0.294 e. The highest BCUT2D eigenvalue weighted by Gasteiger charge is 2.02. The number of nitro groups is 1. The van der Waals surface area contributed by atoms with Gasteiger partial charge in [0.15, 0.2) is 5.78 Å². The zero-order chi connectivity index (χ0) is 11.3. The van der Waals surface area contributed by atoms with E-state index in [0.29, 0.717) is 0 Å². The summed E-state index contributed by atoms with van der Waals surface area (Å²) in [6.07, 6.45) is 2.91. The molecule has 0 bridgehead atoms. The first-order valence-electron chi connectivity index (χ1n) is 4.15. The average molecular weight is 226 g/mol. The Labute approximate surface area is 91.3 Å². The van der Waals surface area contributed by atoms with Crippen LogP contribution in [0, 0.1) is 10.1 Å². The first-order chi connectivity index (χ1) is 7.13. The number of carbonyl (C=O) groups is 1. The van der Waals surface area contributed by atoms with Crippen molar-refractivity contribution in [3.05, 3.63) is 46.0 Å². The Balaban J connectivity index is 2.77. The molecule has 0 aromatic heterocycles. The van der Waals surface area contributed by atoms with Crippen molar-refractivity contribution in [2.75, 3.05) is 5.88 Å². The SMILES string of the molecule is O=C(C=Cc1ccc([N+](=O)[O-])cc1)CCl. The average Bonchev–Trinajstić information content (AvgIpc) is 2.26. The zero-order valence-corrected chi connectivity index (χ0v) is 8.48. The van der Waals surface area contributed by atoms with Crippen molar-refractivity contribution in [2.45, 2.75) is 0 Å². The zero-order valence-electron chi connectivity index (χ0n) is 7.72. The van der Waals surface area contributed by atoms with Crippen LogP contribution in [0.1, 0.15) is 5.56 Å². The molecular weight excluding hydrogens is 218 g/mol. The number of alkyl halides is 1. The summed E-state index contributed by atoms with van der Waals surface area (Å²) >= 11 is 5.29. The Hall–Kier alpha value is -1.68. The van der Waals surface area contributed by atoms with Gasteiger partial charge in [0.05, 0.1) is 10.8 Å². The quantitative estimate of drug-likeness (QED) is 0.342. The van der Waals surface area contributed by atoms with Crippen LogP contribution in [0.3, 0.4) is 0 Å². The Bertz CT molecular complexity index is 398. The fourth-order valence-electron chi connectivity index (χ4n) is 0.941. The molecule has 1 aromatic carbocycles. The number of benzene rings is 1. The van der Waals surface area contributed by atoms with Crippen molar-refractivity contribution in [1.82, 2.24) is 0 Å². The summed E-state index contributed by atoms with van der Waals surface area (Å²) in [4.78, 5) is 20.7. The molecule has 15 heavy (non-hydrogen) atoms. The van der Waals surface area contributed by atoms with Crippen molar-refractivity contribution in [1.29, 1.82) is 0 Å². The van der Waals surface area contributed by atoms with Crippen LogP contribution in [0.5, 0.6) is 0 Å². The van der Waals surface area contributed by atoms with E-state index in [1.165, 1.54) is 18.2 Å². The third-order valence-electron chi connectivity index (χ3n) is 1.70. The predicted octanol–water partition coefficient (Wildman–Crippen LogP) is 2.42. The van der Waals surface area contributed by atoms with Crippen LogP contribution in [0.15, 0.2) is 30.3 Å². The normalized spacial score (nSPS) is 10.5. The van der Waals surface area contributed by atoms with Gasteiger partial charge in [-0.25, -0.2) is 0 Å². The molecule has 0 unspecified atom stereocenters. The van der Waals surface area contributed by atoms with Crippen LogP contribution in [0.25, 0.3) is 6.08 Å². The van der Waals surface area contributed by atoms with E-state index < -0.39 is 4.92 Å². The summed E-state index contributed by atoms with van der Waals surface area (Å²) in [7, 11) is 0. The fourth-order valence-corrected chi connectivity index (χ4v) is 1.03. The number of rotatable bonds is 4. The van der Waals surface area contributed by atoms with Gasteiger partial charge in [-0.1, -0.05) is 6.08 Å². The van der Waals surface area contributed by atoms with Crippen molar-refractivity contribution < 1.29 is 9.72 Å². The van der Waals surface area contributed by atoms with Crippen molar-refractivity contribution in [3.8, 4) is 0 Å². The van der Waals surface area contributed by atoms with Gasteiger partial charge < -0.3 is 0 Å². The molecule has 0 atom stereocenters. The second-order valence-electron chi connectivity index (χ2n) is 2.78. The third-order valence-corrected chi connectivity index (χ3v) is 1.96. The van der Waals surface area contributed by atoms with Crippen molar-refractivity contribution in [2.24, 2.45) is 0 Å². The number of allylic oxidation sites excluding steroid dienone is 1. The first kappa shape index (κ1) is 11.4. The number of halogens is 1. The molecule has 0 N–H and O–H groups in total. The summed E-state index contributed by atoms with van der Waals surface area (Å²) in [5.41, 5.74) is 0.745. The van der Waals surface area contributed by atoms with E-state index in [-0.39, 0.29) is 17.4 Å². The van der Waals surface area contributed by atoms with Gasteiger partial charge in [0.2, 0.25) is 0 Å². The summed E-state index contributed by atoms with van der Waals surface area (Å²) in [6, 6.07) is 5.89. The van der Waals surface area contributed by atoms with E-state index in [9.17, 15) is 14.9 Å². The van der Waals surface area contributed by atoms with Crippen LogP contribution < -0.4 is 0 Å². The maximum absolute atomic E-state index is 10.8. The number of ketones is 1. The minimum atomic E-state index is -0.475. The summed E-state index contributed by atoms with van der Waals surface area (Å²) < 4.78 is 0. The smallest absolute Gasteiger partial charge is 0.269 e. The standard InChI is InChI=1S/C10H8ClNO3/c11-7-10(13)6-3-8-1-4-9(5-2-8)12(14)15/h1-6H,7H2. The maximum Gasteiger partial charge on any atom is 0.269 e. The molecule has 0 saturated heterocycles. The summed E-state index contributed by atoms with van der Waals surface area (Å²) in [5, 5.41) is 10.3. The number of hydrogen-bond acceptors (Lipinski definition) is 3. The van der Waals surface area contributed by atoms with E-state index >= 15 is 0 Å². The Kier molecular flexibility index (Phi) is 4.00. The third kappa shape index (κ3) is 3.52. The van der Waals surface area contributed by atoms with Crippen molar-refractivity contribution >= 4 is 29.1 Å². The van der Waals surface area contributed by atoms with Gasteiger partial charge in [0.25, 0.3) is 5.69 Å². The van der Waals surface area contributed by atoms with Crippen LogP contribution in [0.4, 0.5) is 5.69 Å². The van der Waals surface area contributed by atoms with Gasteiger partial charge >= 0.3 is 0 Å². The number of nitro benzene ring substituents is 1. The Morgan fingerprint density at radius 3 is 2.47 bits per heavy atom. The first-order valence-corrected chi connectivity index (χ1v) is 4.68.